The molecule has 0 saturated carbocycles. The molecule has 4 aliphatic rings. The molecule has 2 heterocycles. The normalized spacial score (nSPS) is 27.1. The van der Waals surface area contributed by atoms with Gasteiger partial charge in [0.05, 0.1) is 22.3 Å². The van der Waals surface area contributed by atoms with E-state index in [-0.39, 0.29) is 63.7 Å². The third-order valence-corrected chi connectivity index (χ3v) is 9.81. The van der Waals surface area contributed by atoms with Crippen molar-refractivity contribution >= 4 is 22.8 Å². The highest BCUT2D eigenvalue weighted by Crippen LogP contribution is 2.57. The number of anilines is 1. The van der Waals surface area contributed by atoms with Gasteiger partial charge < -0.3 is 30.2 Å². The van der Waals surface area contributed by atoms with Crippen LogP contribution in [0, 0.1) is 5.41 Å². The Kier molecular flexibility index (Phi) is 5.86. The molecule has 1 fully saturated rings. The van der Waals surface area contributed by atoms with Crippen molar-refractivity contribution in [3.63, 3.8) is 0 Å². The Bertz CT molecular complexity index is 1520. The Hall–Kier alpha value is -3.68. The van der Waals surface area contributed by atoms with Crippen molar-refractivity contribution in [3.05, 3.63) is 57.2 Å². The standard InChI is InChI=1S/C32H40N2O6/c1-13(2)33-15(5)31(7,8)25-17(33)11-19(35)21(29(25)39)23-27(37)24(28(23)38)22-20(36)12-18-26(30(22)40)32(9,10)16(6)34(18)14(3)4/h11-16,35,37,39-40H,1-10H3/b24-22-. The van der Waals surface area contributed by atoms with Gasteiger partial charge in [0.2, 0.25) is 5.78 Å². The van der Waals surface area contributed by atoms with Gasteiger partial charge in [-0.25, -0.2) is 0 Å². The molecule has 4 N–H and O–H groups in total. The number of phenolic OH excluding ortho intramolecular Hbond substituents is 2. The summed E-state index contributed by atoms with van der Waals surface area (Å²) in [7, 11) is 0. The number of aromatic hydroxyl groups is 2. The summed E-state index contributed by atoms with van der Waals surface area (Å²) in [5, 5.41) is 45.2. The largest absolute Gasteiger partial charge is 0.507 e. The first kappa shape index (κ1) is 27.9. The van der Waals surface area contributed by atoms with Gasteiger partial charge in [0.15, 0.2) is 5.78 Å². The molecule has 1 saturated heterocycles. The number of ketones is 2. The smallest absolute Gasteiger partial charge is 0.202 e. The molecule has 1 aromatic carbocycles. The highest BCUT2D eigenvalue weighted by molar-refractivity contribution is 6.42. The second-order valence-corrected chi connectivity index (χ2v) is 13.2. The van der Waals surface area contributed by atoms with E-state index in [0.717, 1.165) is 0 Å². The van der Waals surface area contributed by atoms with Crippen LogP contribution in [0.2, 0.25) is 0 Å². The topological polar surface area (TPSA) is 122 Å². The monoisotopic (exact) mass is 548 g/mol. The van der Waals surface area contributed by atoms with E-state index in [1.54, 1.807) is 0 Å². The molecule has 0 bridgehead atoms. The van der Waals surface area contributed by atoms with Crippen LogP contribution >= 0.6 is 0 Å². The van der Waals surface area contributed by atoms with E-state index >= 15 is 0 Å². The number of allylic oxidation sites excluding steroid dienone is 5. The van der Waals surface area contributed by atoms with Crippen LogP contribution in [0.5, 0.6) is 11.5 Å². The summed E-state index contributed by atoms with van der Waals surface area (Å²) in [4.78, 5) is 31.2. The van der Waals surface area contributed by atoms with Crippen molar-refractivity contribution in [2.75, 3.05) is 4.90 Å². The number of fused-ring (bicyclic) bond motifs is 2. The average Bonchev–Trinajstić information content (AvgIpc) is 3.15. The maximum atomic E-state index is 13.6. The zero-order valence-electron chi connectivity index (χ0n) is 25.0. The van der Waals surface area contributed by atoms with Crippen LogP contribution in [0.4, 0.5) is 5.69 Å². The van der Waals surface area contributed by atoms with E-state index in [0.29, 0.717) is 22.5 Å². The summed E-state index contributed by atoms with van der Waals surface area (Å²) < 4.78 is 0. The first-order valence-electron chi connectivity index (χ1n) is 14.0. The predicted octanol–water partition coefficient (Wildman–Crippen LogP) is 5.56. The van der Waals surface area contributed by atoms with E-state index in [1.165, 1.54) is 12.1 Å². The third kappa shape index (κ3) is 3.25. The number of hydrogen-bond acceptors (Lipinski definition) is 8. The second-order valence-electron chi connectivity index (χ2n) is 13.2. The number of rotatable bonds is 3. The Morgan fingerprint density at radius 3 is 1.85 bits per heavy atom. The summed E-state index contributed by atoms with van der Waals surface area (Å²) in [5.74, 6) is -2.76. The fraction of sp³-hybridized carbons (Fsp3) is 0.500. The number of phenols is 2. The summed E-state index contributed by atoms with van der Waals surface area (Å²) in [6.07, 6.45) is 1.43. The van der Waals surface area contributed by atoms with Gasteiger partial charge in [0.1, 0.15) is 23.0 Å². The van der Waals surface area contributed by atoms with Crippen LogP contribution in [-0.2, 0) is 15.0 Å². The molecule has 40 heavy (non-hydrogen) atoms. The van der Waals surface area contributed by atoms with E-state index in [9.17, 15) is 30.0 Å². The Morgan fingerprint density at radius 1 is 0.775 bits per heavy atom. The van der Waals surface area contributed by atoms with E-state index in [2.05, 4.69) is 9.80 Å². The molecule has 1 aromatic rings. The number of aliphatic hydroxyl groups excluding tert-OH is 2. The Labute approximate surface area is 235 Å². The highest BCUT2D eigenvalue weighted by Gasteiger charge is 2.53. The molecule has 8 heteroatoms. The summed E-state index contributed by atoms with van der Waals surface area (Å²) >= 11 is 0. The summed E-state index contributed by atoms with van der Waals surface area (Å²) in [5.41, 5.74) is 0.378. The number of Topliss-reactive ketones (excluding diaryl/α,β-unsaturated/α-hetero) is 1. The fourth-order valence-corrected chi connectivity index (χ4v) is 7.29. The molecule has 0 amide bonds. The number of carbonyl (C=O) groups excluding carboxylic acids is 2. The molecule has 0 radical (unpaired) electrons. The van der Waals surface area contributed by atoms with Crippen molar-refractivity contribution < 1.29 is 30.0 Å². The minimum Gasteiger partial charge on any atom is -0.507 e. The lowest BCUT2D eigenvalue weighted by Crippen LogP contribution is -2.42. The number of nitrogens with zero attached hydrogens (tertiary/aromatic N) is 2. The summed E-state index contributed by atoms with van der Waals surface area (Å²) in [6, 6.07) is 1.66. The molecule has 0 spiro atoms. The molecule has 2 aliphatic heterocycles. The zero-order chi connectivity index (χ0) is 30.0. The van der Waals surface area contributed by atoms with Crippen molar-refractivity contribution in [2.45, 2.75) is 98.8 Å². The molecular formula is C32H40N2O6. The molecule has 8 nitrogen and oxygen atoms in total. The van der Waals surface area contributed by atoms with Gasteiger partial charge in [0, 0.05) is 69.7 Å². The predicted molar refractivity (Wildman–Crippen MR) is 154 cm³/mol. The lowest BCUT2D eigenvalue weighted by Gasteiger charge is -2.34. The van der Waals surface area contributed by atoms with Crippen molar-refractivity contribution in [2.24, 2.45) is 5.41 Å². The first-order valence-corrected chi connectivity index (χ1v) is 14.0. The Morgan fingerprint density at radius 2 is 1.32 bits per heavy atom. The van der Waals surface area contributed by atoms with Crippen molar-refractivity contribution in [3.8, 4) is 11.5 Å². The molecule has 214 valence electrons. The molecular weight excluding hydrogens is 508 g/mol. The quantitative estimate of drug-likeness (QED) is 0.363. The molecule has 2 aliphatic carbocycles. The molecule has 0 aromatic heterocycles. The van der Waals surface area contributed by atoms with Crippen molar-refractivity contribution in [1.29, 1.82) is 0 Å². The minimum atomic E-state index is -0.718. The SMILES string of the molecule is CC(C)N1C2=CC(=O)/C(=C3/C(=O)C(c4c(O)cc5c(c4O)C(C)(C)C(C)N5C(C)C)=C3O)C(O)=C2C(C)(C)C1C. The van der Waals surface area contributed by atoms with Crippen LogP contribution < -0.4 is 4.90 Å². The fourth-order valence-electron chi connectivity index (χ4n) is 7.29. The lowest BCUT2D eigenvalue weighted by molar-refractivity contribution is -0.114. The summed E-state index contributed by atoms with van der Waals surface area (Å²) in [6.45, 7) is 20.1. The number of hydrogen-bond donors (Lipinski definition) is 4. The zero-order valence-corrected chi connectivity index (χ0v) is 25.0. The van der Waals surface area contributed by atoms with E-state index < -0.39 is 28.2 Å². The van der Waals surface area contributed by atoms with Crippen LogP contribution in [-0.4, -0.2) is 61.1 Å². The van der Waals surface area contributed by atoms with Crippen LogP contribution in [0.1, 0.15) is 80.4 Å². The van der Waals surface area contributed by atoms with Gasteiger partial charge in [0.25, 0.3) is 0 Å². The first-order chi connectivity index (χ1) is 18.4. The molecule has 2 unspecified atom stereocenters. The maximum absolute atomic E-state index is 13.6. The van der Waals surface area contributed by atoms with Gasteiger partial charge in [-0.05, 0) is 41.5 Å². The number of carbonyl (C=O) groups is 2. The van der Waals surface area contributed by atoms with Gasteiger partial charge in [-0.15, -0.1) is 0 Å². The van der Waals surface area contributed by atoms with Crippen LogP contribution in [0.25, 0.3) is 5.57 Å². The maximum Gasteiger partial charge on any atom is 0.202 e. The number of aliphatic hydroxyl groups is 2. The van der Waals surface area contributed by atoms with Gasteiger partial charge in [-0.2, -0.15) is 0 Å². The lowest BCUT2D eigenvalue weighted by atomic mass is 9.73. The van der Waals surface area contributed by atoms with Gasteiger partial charge >= 0.3 is 0 Å². The van der Waals surface area contributed by atoms with Crippen LogP contribution in [0.15, 0.2) is 46.1 Å². The average molecular weight is 549 g/mol. The number of likely N-dealkylation sites (tertiary alicyclic amines) is 1. The third-order valence-electron chi connectivity index (χ3n) is 9.81. The second kappa shape index (κ2) is 8.41. The van der Waals surface area contributed by atoms with Gasteiger partial charge in [-0.1, -0.05) is 27.7 Å². The number of benzene rings is 1. The molecule has 2 atom stereocenters. The van der Waals surface area contributed by atoms with Crippen molar-refractivity contribution in [1.82, 2.24) is 4.90 Å². The minimum absolute atomic E-state index is 0.00706. The Balaban J connectivity index is 1.70. The van der Waals surface area contributed by atoms with E-state index in [4.69, 9.17) is 0 Å². The van der Waals surface area contributed by atoms with E-state index in [1.807, 2.05) is 69.2 Å². The van der Waals surface area contributed by atoms with Gasteiger partial charge in [-0.3, -0.25) is 9.59 Å². The van der Waals surface area contributed by atoms with Crippen LogP contribution in [0.3, 0.4) is 0 Å². The highest BCUT2D eigenvalue weighted by atomic mass is 16.3. The molecule has 5 rings (SSSR count).